The fourth-order valence-corrected chi connectivity index (χ4v) is 4.01. The minimum Gasteiger partial charge on any atom is -0.461 e. The number of thiazole rings is 1. The van der Waals surface area contributed by atoms with Crippen LogP contribution in [-0.2, 0) is 4.74 Å². The summed E-state index contributed by atoms with van der Waals surface area (Å²) >= 11 is 1.20. The highest BCUT2D eigenvalue weighted by Crippen LogP contribution is 2.32. The van der Waals surface area contributed by atoms with E-state index in [0.717, 1.165) is 22.4 Å². The second kappa shape index (κ2) is 8.31. The quantitative estimate of drug-likeness (QED) is 0.455. The second-order valence-electron chi connectivity index (χ2n) is 7.24. The smallest absolute Gasteiger partial charge is 0.360 e. The number of carbonyl (C=O) groups excluding carboxylic acids is 2. The highest BCUT2D eigenvalue weighted by Gasteiger charge is 2.24. The number of rotatable bonds is 5. The fourth-order valence-electron chi connectivity index (χ4n) is 3.10. The van der Waals surface area contributed by atoms with Gasteiger partial charge in [0, 0.05) is 5.56 Å². The van der Waals surface area contributed by atoms with Crippen molar-refractivity contribution in [2.24, 2.45) is 0 Å². The topological polar surface area (TPSA) is 86.1 Å². The summed E-state index contributed by atoms with van der Waals surface area (Å²) in [6.45, 7) is 8.00. The van der Waals surface area contributed by atoms with Crippen molar-refractivity contribution in [2.75, 3.05) is 11.9 Å². The fraction of sp³-hybridized carbons (Fsp3) is 0.217. The molecule has 2 heterocycles. The lowest BCUT2D eigenvalue weighted by atomic mass is 10.1. The van der Waals surface area contributed by atoms with Crippen LogP contribution in [0.5, 0.6) is 0 Å². The monoisotopic (exact) mass is 434 g/mol. The maximum Gasteiger partial charge on any atom is 0.360 e. The molecule has 0 fully saturated rings. The molecule has 4 rings (SSSR count). The van der Waals surface area contributed by atoms with Gasteiger partial charge in [0.25, 0.3) is 5.91 Å². The second-order valence-corrected chi connectivity index (χ2v) is 8.24. The van der Waals surface area contributed by atoms with E-state index in [2.05, 4.69) is 15.4 Å². The molecule has 0 bridgehead atoms. The van der Waals surface area contributed by atoms with Gasteiger partial charge in [0.1, 0.15) is 4.70 Å². The molecule has 0 aliphatic rings. The van der Waals surface area contributed by atoms with Crippen molar-refractivity contribution in [1.82, 2.24) is 14.8 Å². The zero-order chi connectivity index (χ0) is 22.1. The molecular weight excluding hydrogens is 412 g/mol. The number of benzene rings is 2. The first kappa shape index (κ1) is 20.7. The van der Waals surface area contributed by atoms with E-state index in [1.807, 2.05) is 51.1 Å². The molecule has 4 aromatic rings. The average molecular weight is 435 g/mol. The molecule has 7 nitrogen and oxygen atoms in total. The molecule has 0 atom stereocenters. The van der Waals surface area contributed by atoms with E-state index in [4.69, 9.17) is 4.74 Å². The average Bonchev–Trinajstić information content (AvgIpc) is 3.29. The van der Waals surface area contributed by atoms with E-state index in [9.17, 15) is 9.59 Å². The number of amides is 1. The van der Waals surface area contributed by atoms with Crippen LogP contribution in [0.15, 0.2) is 42.5 Å². The molecular formula is C23H22N4O3S. The van der Waals surface area contributed by atoms with Gasteiger partial charge in [0.2, 0.25) is 0 Å². The van der Waals surface area contributed by atoms with Gasteiger partial charge in [0.15, 0.2) is 16.5 Å². The van der Waals surface area contributed by atoms with Crippen molar-refractivity contribution in [2.45, 2.75) is 27.7 Å². The maximum atomic E-state index is 12.6. The standard InChI is InChI=1S/C23H22N4O3S/c1-5-30-22(29)18-19-20(27(26-18)17-11-8-14(3)15(4)12-17)24-23(31-19)25-21(28)16-9-6-13(2)7-10-16/h6-12H,5H2,1-4H3,(H,24,25,28). The molecule has 1 N–H and O–H groups in total. The molecule has 8 heteroatoms. The SMILES string of the molecule is CCOC(=O)c1nn(-c2ccc(C)c(C)c2)c2nc(NC(=O)c3ccc(C)cc3)sc12. The third-order valence-corrected chi connectivity index (χ3v) is 5.93. The minimum absolute atomic E-state index is 0.184. The first-order chi connectivity index (χ1) is 14.9. The van der Waals surface area contributed by atoms with Crippen LogP contribution in [0.25, 0.3) is 16.0 Å². The Morgan fingerprint density at radius 2 is 1.81 bits per heavy atom. The minimum atomic E-state index is -0.518. The van der Waals surface area contributed by atoms with Gasteiger partial charge >= 0.3 is 5.97 Å². The number of carbonyl (C=O) groups is 2. The lowest BCUT2D eigenvalue weighted by Gasteiger charge is -2.06. The Kier molecular flexibility index (Phi) is 5.56. The Labute approximate surface area is 183 Å². The Morgan fingerprint density at radius 1 is 1.06 bits per heavy atom. The number of nitrogens with one attached hydrogen (secondary N) is 1. The first-order valence-corrected chi connectivity index (χ1v) is 10.7. The van der Waals surface area contributed by atoms with E-state index < -0.39 is 5.97 Å². The number of hydrogen-bond donors (Lipinski definition) is 1. The van der Waals surface area contributed by atoms with Crippen LogP contribution >= 0.6 is 11.3 Å². The van der Waals surface area contributed by atoms with Crippen molar-refractivity contribution in [1.29, 1.82) is 0 Å². The molecule has 0 saturated carbocycles. The number of nitrogens with zero attached hydrogens (tertiary/aromatic N) is 3. The van der Waals surface area contributed by atoms with Gasteiger partial charge in [-0.05, 0) is 63.1 Å². The van der Waals surface area contributed by atoms with Crippen LogP contribution in [0.2, 0.25) is 0 Å². The van der Waals surface area contributed by atoms with Crippen LogP contribution < -0.4 is 5.32 Å². The van der Waals surface area contributed by atoms with Gasteiger partial charge in [-0.3, -0.25) is 10.1 Å². The Hall–Kier alpha value is -3.52. The number of hydrogen-bond acceptors (Lipinski definition) is 6. The number of aromatic nitrogens is 3. The summed E-state index contributed by atoms with van der Waals surface area (Å²) in [5, 5.41) is 7.69. The van der Waals surface area contributed by atoms with E-state index in [0.29, 0.717) is 21.0 Å². The largest absolute Gasteiger partial charge is 0.461 e. The molecule has 2 aromatic carbocycles. The molecule has 0 saturated heterocycles. The van der Waals surface area contributed by atoms with Crippen molar-refractivity contribution >= 4 is 38.7 Å². The molecule has 0 spiro atoms. The molecule has 0 radical (unpaired) electrons. The van der Waals surface area contributed by atoms with E-state index >= 15 is 0 Å². The molecule has 2 aromatic heterocycles. The van der Waals surface area contributed by atoms with Gasteiger partial charge in [-0.1, -0.05) is 35.1 Å². The first-order valence-electron chi connectivity index (χ1n) is 9.89. The summed E-state index contributed by atoms with van der Waals surface area (Å²) < 4.78 is 7.36. The number of anilines is 1. The zero-order valence-corrected chi connectivity index (χ0v) is 18.5. The molecule has 0 unspecified atom stereocenters. The third-order valence-electron chi connectivity index (χ3n) is 4.96. The molecule has 1 amide bonds. The van der Waals surface area contributed by atoms with Crippen molar-refractivity contribution < 1.29 is 14.3 Å². The molecule has 0 aliphatic heterocycles. The number of aryl methyl sites for hydroxylation is 3. The predicted molar refractivity (Wildman–Crippen MR) is 121 cm³/mol. The van der Waals surface area contributed by atoms with Gasteiger partial charge in [-0.25, -0.2) is 9.48 Å². The summed E-state index contributed by atoms with van der Waals surface area (Å²) in [5.74, 6) is -0.782. The van der Waals surface area contributed by atoms with E-state index in [1.165, 1.54) is 11.3 Å². The summed E-state index contributed by atoms with van der Waals surface area (Å²) in [5.41, 5.74) is 5.32. The van der Waals surface area contributed by atoms with E-state index in [1.54, 1.807) is 23.7 Å². The third kappa shape index (κ3) is 4.06. The Balaban J connectivity index is 1.77. The van der Waals surface area contributed by atoms with Crippen LogP contribution in [0.4, 0.5) is 5.13 Å². The molecule has 158 valence electrons. The maximum absolute atomic E-state index is 12.6. The van der Waals surface area contributed by atoms with E-state index in [-0.39, 0.29) is 18.2 Å². The van der Waals surface area contributed by atoms with Crippen LogP contribution in [0.3, 0.4) is 0 Å². The molecule has 0 aliphatic carbocycles. The highest BCUT2D eigenvalue weighted by atomic mass is 32.1. The summed E-state index contributed by atoms with van der Waals surface area (Å²) in [6, 6.07) is 13.2. The summed E-state index contributed by atoms with van der Waals surface area (Å²) in [4.78, 5) is 29.7. The molecule has 31 heavy (non-hydrogen) atoms. The van der Waals surface area contributed by atoms with Crippen molar-refractivity contribution in [3.63, 3.8) is 0 Å². The normalized spacial score (nSPS) is 11.0. The van der Waals surface area contributed by atoms with Gasteiger partial charge in [-0.2, -0.15) is 10.1 Å². The van der Waals surface area contributed by atoms with Crippen molar-refractivity contribution in [3.8, 4) is 5.69 Å². The summed E-state index contributed by atoms with van der Waals surface area (Å²) in [6.07, 6.45) is 0. The lowest BCUT2D eigenvalue weighted by molar-refractivity contribution is 0.0521. The van der Waals surface area contributed by atoms with Crippen molar-refractivity contribution in [3.05, 3.63) is 70.4 Å². The highest BCUT2D eigenvalue weighted by molar-refractivity contribution is 7.22. The summed E-state index contributed by atoms with van der Waals surface area (Å²) in [7, 11) is 0. The number of esters is 1. The number of fused-ring (bicyclic) bond motifs is 1. The Morgan fingerprint density at radius 3 is 2.48 bits per heavy atom. The van der Waals surface area contributed by atoms with Gasteiger partial charge < -0.3 is 4.74 Å². The van der Waals surface area contributed by atoms with Gasteiger partial charge in [-0.15, -0.1) is 0 Å². The van der Waals surface area contributed by atoms with Crippen LogP contribution in [0.1, 0.15) is 44.5 Å². The lowest BCUT2D eigenvalue weighted by Crippen LogP contribution is -2.12. The predicted octanol–water partition coefficient (Wildman–Crippen LogP) is 4.84. The Bertz CT molecular complexity index is 1290. The van der Waals surface area contributed by atoms with Crippen LogP contribution in [-0.4, -0.2) is 33.2 Å². The zero-order valence-electron chi connectivity index (χ0n) is 17.7. The van der Waals surface area contributed by atoms with Gasteiger partial charge in [0.05, 0.1) is 12.3 Å². The number of ether oxygens (including phenoxy) is 1. The van der Waals surface area contributed by atoms with Crippen LogP contribution in [0, 0.1) is 20.8 Å².